The molecule has 0 N–H and O–H groups in total. The molecule has 0 unspecified atom stereocenters. The first-order chi connectivity index (χ1) is 7.43. The fraction of sp³-hybridized carbons (Fsp3) is 0.182. The summed E-state index contributed by atoms with van der Waals surface area (Å²) in [5.41, 5.74) is -0.690. The summed E-state index contributed by atoms with van der Waals surface area (Å²) >= 11 is 0. The Labute approximate surface area is 90.0 Å². The molecule has 16 heavy (non-hydrogen) atoms. The van der Waals surface area contributed by atoms with Gasteiger partial charge in [0.1, 0.15) is 0 Å². The number of rotatable bonds is 0. The molecule has 0 bridgehead atoms. The summed E-state index contributed by atoms with van der Waals surface area (Å²) in [4.78, 5) is 10.6. The summed E-state index contributed by atoms with van der Waals surface area (Å²) < 4.78 is 41.1. The van der Waals surface area contributed by atoms with Crippen LogP contribution in [0, 0.1) is 11.8 Å². The number of alkyl halides is 3. The van der Waals surface area contributed by atoms with Gasteiger partial charge in [0.2, 0.25) is 0 Å². The van der Waals surface area contributed by atoms with Crippen molar-refractivity contribution < 1.29 is 22.7 Å². The molecule has 0 spiro atoms. The maximum atomic E-state index is 12.3. The summed E-state index contributed by atoms with van der Waals surface area (Å²) in [5.74, 6) is 3.54. The fourth-order valence-corrected chi connectivity index (χ4v) is 0.948. The third kappa shape index (κ3) is 3.31. The highest BCUT2D eigenvalue weighted by atomic mass is 19.4. The second-order valence-corrected chi connectivity index (χ2v) is 2.82. The summed E-state index contributed by atoms with van der Waals surface area (Å²) in [6, 6.07) is 4.41. The third-order valence-corrected chi connectivity index (χ3v) is 1.68. The number of hydrogen-bond donors (Lipinski definition) is 0. The van der Waals surface area contributed by atoms with Crippen LogP contribution in [0.3, 0.4) is 0 Å². The van der Waals surface area contributed by atoms with E-state index in [4.69, 9.17) is 0 Å². The lowest BCUT2D eigenvalue weighted by atomic mass is 10.1. The molecule has 5 heteroatoms. The highest BCUT2D eigenvalue weighted by Gasteiger charge is 2.30. The first-order valence-corrected chi connectivity index (χ1v) is 4.20. The van der Waals surface area contributed by atoms with Gasteiger partial charge in [-0.05, 0) is 18.2 Å². The number of halogens is 3. The number of methoxy groups -OCH3 is 1. The molecule has 0 aliphatic carbocycles. The van der Waals surface area contributed by atoms with Crippen molar-refractivity contribution in [3.05, 3.63) is 35.4 Å². The summed E-state index contributed by atoms with van der Waals surface area (Å²) in [7, 11) is 1.14. The van der Waals surface area contributed by atoms with Crippen molar-refractivity contribution in [3.63, 3.8) is 0 Å². The number of esters is 1. The molecule has 0 heterocycles. The van der Waals surface area contributed by atoms with Gasteiger partial charge in [-0.25, -0.2) is 4.79 Å². The van der Waals surface area contributed by atoms with Crippen LogP contribution in [0.15, 0.2) is 24.3 Å². The Kier molecular flexibility index (Phi) is 3.56. The number of ether oxygens (including phenoxy) is 1. The predicted octanol–water partition coefficient (Wildman–Crippen LogP) is 2.23. The minimum Gasteiger partial charge on any atom is -0.459 e. The van der Waals surface area contributed by atoms with Crippen molar-refractivity contribution in [1.82, 2.24) is 0 Å². The Morgan fingerprint density at radius 1 is 1.38 bits per heavy atom. The van der Waals surface area contributed by atoms with Crippen LogP contribution in [0.1, 0.15) is 11.1 Å². The predicted molar refractivity (Wildman–Crippen MR) is 50.3 cm³/mol. The maximum absolute atomic E-state index is 12.3. The molecule has 0 saturated heterocycles. The van der Waals surface area contributed by atoms with Crippen molar-refractivity contribution in [2.45, 2.75) is 6.18 Å². The molecule has 1 aromatic rings. The standard InChI is InChI=1S/C11H7F3O2/c1-16-10(15)6-5-8-3-2-4-9(7-8)11(12,13)14/h2-4,7H,1H3. The van der Waals surface area contributed by atoms with Gasteiger partial charge >= 0.3 is 12.1 Å². The van der Waals surface area contributed by atoms with Crippen LogP contribution in [-0.2, 0) is 15.7 Å². The van der Waals surface area contributed by atoms with Gasteiger partial charge in [0.05, 0.1) is 12.7 Å². The van der Waals surface area contributed by atoms with Gasteiger partial charge in [0.15, 0.2) is 0 Å². The van der Waals surface area contributed by atoms with Gasteiger partial charge in [0.25, 0.3) is 0 Å². The van der Waals surface area contributed by atoms with E-state index in [1.54, 1.807) is 0 Å². The van der Waals surface area contributed by atoms with Crippen LogP contribution in [0.2, 0.25) is 0 Å². The van der Waals surface area contributed by atoms with Crippen LogP contribution in [0.5, 0.6) is 0 Å². The van der Waals surface area contributed by atoms with Gasteiger partial charge in [0, 0.05) is 11.5 Å². The van der Waals surface area contributed by atoms with Gasteiger partial charge in [-0.15, -0.1) is 0 Å². The normalized spacial score (nSPS) is 10.2. The zero-order valence-corrected chi connectivity index (χ0v) is 8.26. The molecule has 1 aromatic carbocycles. The number of benzene rings is 1. The highest BCUT2D eigenvalue weighted by Crippen LogP contribution is 2.29. The molecular formula is C11H7F3O2. The molecule has 0 saturated carbocycles. The Hall–Kier alpha value is -1.96. The first kappa shape index (κ1) is 12.1. The molecule has 0 aliphatic heterocycles. The Morgan fingerprint density at radius 2 is 2.06 bits per heavy atom. The van der Waals surface area contributed by atoms with E-state index in [0.717, 1.165) is 19.2 Å². The SMILES string of the molecule is COC(=O)C#Cc1cccc(C(F)(F)F)c1. The minimum absolute atomic E-state index is 0.111. The van der Waals surface area contributed by atoms with Crippen molar-refractivity contribution >= 4 is 5.97 Å². The molecule has 0 radical (unpaired) electrons. The van der Waals surface area contributed by atoms with E-state index in [2.05, 4.69) is 10.7 Å². The molecule has 0 atom stereocenters. The molecule has 0 aromatic heterocycles. The summed E-state index contributed by atoms with van der Waals surface area (Å²) in [6.45, 7) is 0. The minimum atomic E-state index is -4.41. The van der Waals surface area contributed by atoms with E-state index in [1.807, 2.05) is 5.92 Å². The fourth-order valence-electron chi connectivity index (χ4n) is 0.948. The van der Waals surface area contributed by atoms with Crippen molar-refractivity contribution in [1.29, 1.82) is 0 Å². The van der Waals surface area contributed by atoms with E-state index in [-0.39, 0.29) is 5.56 Å². The lowest BCUT2D eigenvalue weighted by Gasteiger charge is -2.05. The zero-order valence-electron chi connectivity index (χ0n) is 8.26. The van der Waals surface area contributed by atoms with Gasteiger partial charge in [-0.3, -0.25) is 0 Å². The lowest BCUT2D eigenvalue weighted by molar-refractivity contribution is -0.137. The second kappa shape index (κ2) is 4.71. The molecule has 0 fully saturated rings. The van der Waals surface area contributed by atoms with Crippen molar-refractivity contribution in [3.8, 4) is 11.8 Å². The van der Waals surface area contributed by atoms with Crippen molar-refractivity contribution in [2.75, 3.05) is 7.11 Å². The molecule has 84 valence electrons. The van der Waals surface area contributed by atoms with E-state index in [9.17, 15) is 18.0 Å². The molecule has 2 nitrogen and oxygen atoms in total. The van der Waals surface area contributed by atoms with E-state index in [0.29, 0.717) is 0 Å². The Morgan fingerprint density at radius 3 is 2.62 bits per heavy atom. The van der Waals surface area contributed by atoms with E-state index in [1.165, 1.54) is 12.1 Å². The first-order valence-electron chi connectivity index (χ1n) is 4.20. The quantitative estimate of drug-likeness (QED) is 0.502. The van der Waals surface area contributed by atoms with Crippen LogP contribution < -0.4 is 0 Å². The summed E-state index contributed by atoms with van der Waals surface area (Å²) in [5, 5.41) is 0. The van der Waals surface area contributed by atoms with Crippen molar-refractivity contribution in [2.24, 2.45) is 0 Å². The van der Waals surface area contributed by atoms with Gasteiger partial charge in [-0.1, -0.05) is 12.0 Å². The molecular weight excluding hydrogens is 221 g/mol. The maximum Gasteiger partial charge on any atom is 0.416 e. The van der Waals surface area contributed by atoms with E-state index < -0.39 is 17.7 Å². The van der Waals surface area contributed by atoms with E-state index >= 15 is 0 Å². The average molecular weight is 228 g/mol. The van der Waals surface area contributed by atoms with Crippen LogP contribution >= 0.6 is 0 Å². The molecule has 0 aliphatic rings. The number of carbonyl (C=O) groups excluding carboxylic acids is 1. The third-order valence-electron chi connectivity index (χ3n) is 1.68. The number of hydrogen-bond acceptors (Lipinski definition) is 2. The molecule has 0 amide bonds. The highest BCUT2D eigenvalue weighted by molar-refractivity contribution is 5.88. The monoisotopic (exact) mass is 228 g/mol. The largest absolute Gasteiger partial charge is 0.459 e. The lowest BCUT2D eigenvalue weighted by Crippen LogP contribution is -2.04. The van der Waals surface area contributed by atoms with Gasteiger partial charge in [-0.2, -0.15) is 13.2 Å². The average Bonchev–Trinajstić information content (AvgIpc) is 2.25. The van der Waals surface area contributed by atoms with Crippen LogP contribution in [0.4, 0.5) is 13.2 Å². The smallest absolute Gasteiger partial charge is 0.416 e. The van der Waals surface area contributed by atoms with Gasteiger partial charge < -0.3 is 4.74 Å². The number of carbonyl (C=O) groups is 1. The van der Waals surface area contributed by atoms with Crippen LogP contribution in [-0.4, -0.2) is 13.1 Å². The Bertz CT molecular complexity index is 452. The molecule has 1 rings (SSSR count). The second-order valence-electron chi connectivity index (χ2n) is 2.82. The van der Waals surface area contributed by atoms with Crippen LogP contribution in [0.25, 0.3) is 0 Å². The summed E-state index contributed by atoms with van der Waals surface area (Å²) in [6.07, 6.45) is -4.41. The zero-order chi connectivity index (χ0) is 12.2. The topological polar surface area (TPSA) is 26.3 Å². The Balaban J connectivity index is 2.99.